The van der Waals surface area contributed by atoms with E-state index in [1.54, 1.807) is 0 Å². The molecule has 0 saturated heterocycles. The molecule has 0 heterocycles. The van der Waals surface area contributed by atoms with E-state index in [4.69, 9.17) is 0 Å². The third-order valence-corrected chi connectivity index (χ3v) is 4.14. The highest BCUT2D eigenvalue weighted by atomic mass is 19.4. The van der Waals surface area contributed by atoms with Crippen molar-refractivity contribution in [3.63, 3.8) is 0 Å². The summed E-state index contributed by atoms with van der Waals surface area (Å²) >= 11 is 0. The number of hydrogen-bond acceptors (Lipinski definition) is 2. The fraction of sp³-hybridized carbons (Fsp3) is 0.929. The molecular formula is C14H23F3N2. The first-order chi connectivity index (χ1) is 8.58. The van der Waals surface area contributed by atoms with E-state index in [0.717, 1.165) is 19.3 Å². The Hall–Kier alpha value is -0.760. The highest BCUT2D eigenvalue weighted by Crippen LogP contribution is 2.39. The maximum Gasteiger partial charge on any atom is 0.401 e. The SMILES string of the molecule is CC(C)(C)C1CCCC(C#N)(NCC(F)(F)F)CC1. The van der Waals surface area contributed by atoms with Crippen LogP contribution in [0, 0.1) is 22.7 Å². The van der Waals surface area contributed by atoms with E-state index in [2.05, 4.69) is 32.2 Å². The Kier molecular flexibility index (Phi) is 4.89. The lowest BCUT2D eigenvalue weighted by molar-refractivity contribution is -0.127. The standard InChI is InChI=1S/C14H23F3N2/c1-12(2,3)11-5-4-7-13(9-18,8-6-11)19-10-14(15,16)17/h11,19H,4-8,10H2,1-3H3. The third kappa shape index (κ3) is 5.02. The van der Waals surface area contributed by atoms with Gasteiger partial charge in [0.1, 0.15) is 5.54 Å². The maximum atomic E-state index is 12.3. The number of nitrogens with zero attached hydrogens (tertiary/aromatic N) is 1. The Morgan fingerprint density at radius 2 is 1.84 bits per heavy atom. The third-order valence-electron chi connectivity index (χ3n) is 4.14. The van der Waals surface area contributed by atoms with Gasteiger partial charge < -0.3 is 0 Å². The minimum Gasteiger partial charge on any atom is -0.291 e. The number of nitrogens with one attached hydrogen (secondary N) is 1. The summed E-state index contributed by atoms with van der Waals surface area (Å²) in [5.74, 6) is 0.468. The second-order valence-electron chi connectivity index (χ2n) is 6.66. The van der Waals surface area contributed by atoms with E-state index in [1.165, 1.54) is 0 Å². The Bertz CT molecular complexity index is 338. The number of alkyl halides is 3. The molecule has 0 aromatic rings. The van der Waals surface area contributed by atoms with Crippen LogP contribution in [0.15, 0.2) is 0 Å². The Balaban J connectivity index is 2.69. The molecule has 0 spiro atoms. The molecule has 0 aliphatic heterocycles. The molecule has 1 saturated carbocycles. The molecule has 110 valence electrons. The zero-order valence-electron chi connectivity index (χ0n) is 11.9. The number of hydrogen-bond donors (Lipinski definition) is 1. The van der Waals surface area contributed by atoms with Crippen LogP contribution < -0.4 is 5.32 Å². The van der Waals surface area contributed by atoms with Crippen molar-refractivity contribution >= 4 is 0 Å². The first-order valence-electron chi connectivity index (χ1n) is 6.81. The van der Waals surface area contributed by atoms with Crippen LogP contribution in [0.25, 0.3) is 0 Å². The van der Waals surface area contributed by atoms with Gasteiger partial charge in [-0.1, -0.05) is 27.2 Å². The number of rotatable bonds is 2. The van der Waals surface area contributed by atoms with Crippen molar-refractivity contribution in [1.82, 2.24) is 5.32 Å². The average Bonchev–Trinajstić information content (AvgIpc) is 2.48. The van der Waals surface area contributed by atoms with Crippen LogP contribution >= 0.6 is 0 Å². The van der Waals surface area contributed by atoms with Gasteiger partial charge in [0.25, 0.3) is 0 Å². The van der Waals surface area contributed by atoms with E-state index in [-0.39, 0.29) is 5.41 Å². The minimum absolute atomic E-state index is 0.148. The van der Waals surface area contributed by atoms with E-state index in [1.807, 2.05) is 0 Å². The van der Waals surface area contributed by atoms with Crippen LogP contribution in [0.1, 0.15) is 52.9 Å². The molecule has 0 aromatic carbocycles. The van der Waals surface area contributed by atoms with Crippen molar-refractivity contribution < 1.29 is 13.2 Å². The van der Waals surface area contributed by atoms with Gasteiger partial charge in [0.2, 0.25) is 0 Å². The van der Waals surface area contributed by atoms with Gasteiger partial charge in [0.15, 0.2) is 0 Å². The van der Waals surface area contributed by atoms with Crippen LogP contribution in [0.2, 0.25) is 0 Å². The lowest BCUT2D eigenvalue weighted by Crippen LogP contribution is -2.47. The fourth-order valence-electron chi connectivity index (χ4n) is 2.80. The second-order valence-corrected chi connectivity index (χ2v) is 6.66. The van der Waals surface area contributed by atoms with Gasteiger partial charge in [-0.15, -0.1) is 0 Å². The highest BCUT2D eigenvalue weighted by molar-refractivity contribution is 5.08. The van der Waals surface area contributed by atoms with Crippen LogP contribution in [-0.4, -0.2) is 18.3 Å². The van der Waals surface area contributed by atoms with E-state index >= 15 is 0 Å². The molecule has 0 radical (unpaired) electrons. The molecule has 2 nitrogen and oxygen atoms in total. The lowest BCUT2D eigenvalue weighted by atomic mass is 9.76. The van der Waals surface area contributed by atoms with E-state index < -0.39 is 18.3 Å². The molecule has 0 amide bonds. The first-order valence-corrected chi connectivity index (χ1v) is 6.81. The summed E-state index contributed by atoms with van der Waals surface area (Å²) in [6.45, 7) is 5.38. The monoisotopic (exact) mass is 276 g/mol. The number of nitriles is 1. The van der Waals surface area contributed by atoms with Gasteiger partial charge >= 0.3 is 6.18 Å². The van der Waals surface area contributed by atoms with Crippen LogP contribution in [0.4, 0.5) is 13.2 Å². The zero-order chi connectivity index (χ0) is 14.7. The van der Waals surface area contributed by atoms with Crippen molar-refractivity contribution in [1.29, 1.82) is 5.26 Å². The van der Waals surface area contributed by atoms with Gasteiger partial charge in [0.05, 0.1) is 12.6 Å². The highest BCUT2D eigenvalue weighted by Gasteiger charge is 2.39. The van der Waals surface area contributed by atoms with Crippen molar-refractivity contribution in [2.75, 3.05) is 6.54 Å². The molecule has 1 rings (SSSR count). The Labute approximate surface area is 113 Å². The lowest BCUT2D eigenvalue weighted by Gasteiger charge is -2.31. The Morgan fingerprint density at radius 1 is 1.21 bits per heavy atom. The molecule has 1 aliphatic carbocycles. The molecular weight excluding hydrogens is 253 g/mol. The molecule has 2 unspecified atom stereocenters. The fourth-order valence-corrected chi connectivity index (χ4v) is 2.80. The quantitative estimate of drug-likeness (QED) is 0.773. The van der Waals surface area contributed by atoms with Crippen molar-refractivity contribution in [2.24, 2.45) is 11.3 Å². The molecule has 1 aliphatic rings. The predicted octanol–water partition coefficient (Wildman–Crippen LogP) is 4.03. The normalized spacial score (nSPS) is 29.6. The van der Waals surface area contributed by atoms with Crippen molar-refractivity contribution in [3.8, 4) is 6.07 Å². The van der Waals surface area contributed by atoms with E-state index in [9.17, 15) is 18.4 Å². The van der Waals surface area contributed by atoms with Crippen LogP contribution in [0.5, 0.6) is 0 Å². The zero-order valence-corrected chi connectivity index (χ0v) is 11.9. The summed E-state index contributed by atoms with van der Waals surface area (Å²) in [6.07, 6.45) is -0.657. The summed E-state index contributed by atoms with van der Waals surface area (Å²) in [6, 6.07) is 2.09. The summed E-state index contributed by atoms with van der Waals surface area (Å²) in [7, 11) is 0. The van der Waals surface area contributed by atoms with Crippen molar-refractivity contribution in [2.45, 2.75) is 64.6 Å². The number of halogens is 3. The minimum atomic E-state index is -4.26. The molecule has 2 atom stereocenters. The van der Waals surface area contributed by atoms with Gasteiger partial charge in [0, 0.05) is 0 Å². The maximum absolute atomic E-state index is 12.3. The second kappa shape index (κ2) is 5.70. The summed E-state index contributed by atoms with van der Waals surface area (Å²) in [5.41, 5.74) is -0.856. The summed E-state index contributed by atoms with van der Waals surface area (Å²) in [5, 5.41) is 11.7. The Morgan fingerprint density at radius 3 is 2.32 bits per heavy atom. The molecule has 1 N–H and O–H groups in total. The smallest absolute Gasteiger partial charge is 0.291 e. The predicted molar refractivity (Wildman–Crippen MR) is 68.4 cm³/mol. The molecule has 1 fully saturated rings. The molecule has 0 bridgehead atoms. The molecule has 0 aromatic heterocycles. The largest absolute Gasteiger partial charge is 0.401 e. The average molecular weight is 276 g/mol. The van der Waals surface area contributed by atoms with Gasteiger partial charge in [-0.2, -0.15) is 18.4 Å². The topological polar surface area (TPSA) is 35.8 Å². The summed E-state index contributed by atoms with van der Waals surface area (Å²) in [4.78, 5) is 0. The van der Waals surface area contributed by atoms with Gasteiger partial charge in [-0.25, -0.2) is 0 Å². The van der Waals surface area contributed by atoms with E-state index in [0.29, 0.717) is 18.8 Å². The van der Waals surface area contributed by atoms with Crippen LogP contribution in [-0.2, 0) is 0 Å². The summed E-state index contributed by atoms with van der Waals surface area (Å²) < 4.78 is 36.9. The molecule has 5 heteroatoms. The van der Waals surface area contributed by atoms with Crippen molar-refractivity contribution in [3.05, 3.63) is 0 Å². The molecule has 19 heavy (non-hydrogen) atoms. The van der Waals surface area contributed by atoms with Gasteiger partial charge in [-0.3, -0.25) is 5.32 Å². The van der Waals surface area contributed by atoms with Crippen LogP contribution in [0.3, 0.4) is 0 Å². The van der Waals surface area contributed by atoms with Gasteiger partial charge in [-0.05, 0) is 37.0 Å². The first kappa shape index (κ1) is 16.3.